The second kappa shape index (κ2) is 8.97. The van der Waals surface area contributed by atoms with Gasteiger partial charge in [0, 0.05) is 36.7 Å². The molecule has 8 nitrogen and oxygen atoms in total. The van der Waals surface area contributed by atoms with Crippen LogP contribution in [0.15, 0.2) is 42.7 Å². The van der Waals surface area contributed by atoms with Gasteiger partial charge in [0.1, 0.15) is 0 Å². The minimum Gasteiger partial charge on any atom is -0.352 e. The van der Waals surface area contributed by atoms with Crippen LogP contribution in [0.1, 0.15) is 23.7 Å². The molecule has 0 unspecified atom stereocenters. The molecule has 0 spiro atoms. The molecule has 25 heavy (non-hydrogen) atoms. The highest BCUT2D eigenvalue weighted by molar-refractivity contribution is 7.92. The molecule has 2 aromatic rings. The van der Waals surface area contributed by atoms with E-state index in [4.69, 9.17) is 0 Å². The van der Waals surface area contributed by atoms with Crippen LogP contribution in [0.5, 0.6) is 0 Å². The lowest BCUT2D eigenvalue weighted by atomic mass is 10.2. The third-order valence-corrected chi connectivity index (χ3v) is 4.62. The Kier molecular flexibility index (Phi) is 6.70. The summed E-state index contributed by atoms with van der Waals surface area (Å²) in [6, 6.07) is 8.10. The number of anilines is 2. The van der Waals surface area contributed by atoms with Crippen LogP contribution in [-0.4, -0.2) is 43.1 Å². The molecule has 3 N–H and O–H groups in total. The molecule has 1 heterocycles. The molecule has 0 saturated carbocycles. The summed E-state index contributed by atoms with van der Waals surface area (Å²) in [5, 5.41) is 5.73. The Labute approximate surface area is 147 Å². The number of aromatic nitrogens is 2. The van der Waals surface area contributed by atoms with Crippen molar-refractivity contribution in [1.82, 2.24) is 15.3 Å². The molecule has 1 amide bonds. The summed E-state index contributed by atoms with van der Waals surface area (Å²) in [5.41, 5.74) is 0.754. The minimum absolute atomic E-state index is 0.0383. The molecule has 0 fully saturated rings. The molecule has 1 aromatic heterocycles. The number of rotatable bonds is 9. The first-order valence-corrected chi connectivity index (χ1v) is 9.55. The van der Waals surface area contributed by atoms with Crippen molar-refractivity contribution >= 4 is 27.6 Å². The van der Waals surface area contributed by atoms with E-state index in [0.717, 1.165) is 0 Å². The van der Waals surface area contributed by atoms with E-state index in [1.165, 1.54) is 6.07 Å². The van der Waals surface area contributed by atoms with Crippen molar-refractivity contribution in [2.24, 2.45) is 0 Å². The van der Waals surface area contributed by atoms with Crippen LogP contribution >= 0.6 is 0 Å². The predicted molar refractivity (Wildman–Crippen MR) is 97.0 cm³/mol. The summed E-state index contributed by atoms with van der Waals surface area (Å²) < 4.78 is 26.1. The maximum absolute atomic E-state index is 12.2. The third kappa shape index (κ3) is 6.38. The van der Waals surface area contributed by atoms with Crippen LogP contribution in [-0.2, 0) is 10.0 Å². The van der Waals surface area contributed by atoms with Gasteiger partial charge in [0.15, 0.2) is 0 Å². The molecule has 9 heteroatoms. The molecule has 0 radical (unpaired) electrons. The second-order valence-corrected chi connectivity index (χ2v) is 7.10. The van der Waals surface area contributed by atoms with Crippen LogP contribution in [0.3, 0.4) is 0 Å². The van der Waals surface area contributed by atoms with Gasteiger partial charge in [-0.25, -0.2) is 18.4 Å². The van der Waals surface area contributed by atoms with Crippen molar-refractivity contribution in [2.45, 2.75) is 13.3 Å². The van der Waals surface area contributed by atoms with Gasteiger partial charge in [0.05, 0.1) is 5.75 Å². The van der Waals surface area contributed by atoms with Crippen LogP contribution in [0, 0.1) is 0 Å². The van der Waals surface area contributed by atoms with Gasteiger partial charge in [-0.15, -0.1) is 0 Å². The number of hydrogen-bond donors (Lipinski definition) is 3. The molecule has 0 saturated heterocycles. The zero-order valence-electron chi connectivity index (χ0n) is 13.9. The Hall–Kier alpha value is -2.68. The summed E-state index contributed by atoms with van der Waals surface area (Å²) in [4.78, 5) is 20.2. The topological polar surface area (TPSA) is 113 Å². The van der Waals surface area contributed by atoms with E-state index in [2.05, 4.69) is 25.3 Å². The van der Waals surface area contributed by atoms with Crippen molar-refractivity contribution in [1.29, 1.82) is 0 Å². The first-order chi connectivity index (χ1) is 12.0. The zero-order valence-corrected chi connectivity index (χ0v) is 14.7. The monoisotopic (exact) mass is 363 g/mol. The normalized spacial score (nSPS) is 10.9. The quantitative estimate of drug-likeness (QED) is 0.582. The number of amides is 1. The number of carbonyl (C=O) groups excluding carboxylic acids is 1. The molecule has 134 valence electrons. The van der Waals surface area contributed by atoms with Gasteiger partial charge >= 0.3 is 0 Å². The van der Waals surface area contributed by atoms with Gasteiger partial charge in [-0.1, -0.05) is 13.0 Å². The molecule has 0 bridgehead atoms. The van der Waals surface area contributed by atoms with E-state index in [-0.39, 0.29) is 11.7 Å². The van der Waals surface area contributed by atoms with Crippen LogP contribution < -0.4 is 15.4 Å². The Bertz CT molecular complexity index is 796. The van der Waals surface area contributed by atoms with Gasteiger partial charge < -0.3 is 10.6 Å². The van der Waals surface area contributed by atoms with Gasteiger partial charge in [0.25, 0.3) is 5.91 Å². The van der Waals surface area contributed by atoms with Crippen molar-refractivity contribution in [3.05, 3.63) is 48.3 Å². The van der Waals surface area contributed by atoms with Crippen molar-refractivity contribution in [3.8, 4) is 0 Å². The average molecular weight is 363 g/mol. The molecule has 0 atom stereocenters. The lowest BCUT2D eigenvalue weighted by Gasteiger charge is -2.10. The van der Waals surface area contributed by atoms with Crippen molar-refractivity contribution in [3.63, 3.8) is 0 Å². The summed E-state index contributed by atoms with van der Waals surface area (Å²) >= 11 is 0. The van der Waals surface area contributed by atoms with Crippen molar-refractivity contribution < 1.29 is 13.2 Å². The summed E-state index contributed by atoms with van der Waals surface area (Å²) in [6.07, 6.45) is 3.77. The van der Waals surface area contributed by atoms with E-state index in [1.54, 1.807) is 43.6 Å². The Balaban J connectivity index is 1.86. The second-order valence-electron chi connectivity index (χ2n) is 5.26. The third-order valence-electron chi connectivity index (χ3n) is 3.13. The number of benzene rings is 1. The van der Waals surface area contributed by atoms with Gasteiger partial charge in [-0.2, -0.15) is 0 Å². The van der Waals surface area contributed by atoms with E-state index < -0.39 is 10.0 Å². The standard InChI is InChI=1S/C16H21N5O3S/c1-2-11-25(23,24)21-14-6-3-5-13(12-14)15(22)17-9-10-20-16-18-7-4-8-19-16/h3-8,12,21H,2,9-11H2,1H3,(H,17,22)(H,18,19,20). The predicted octanol–water partition coefficient (Wildman–Crippen LogP) is 1.47. The lowest BCUT2D eigenvalue weighted by molar-refractivity contribution is 0.0955. The maximum atomic E-state index is 12.2. The molecular formula is C16H21N5O3S. The molecule has 1 aromatic carbocycles. The van der Waals surface area contributed by atoms with Crippen molar-refractivity contribution in [2.75, 3.05) is 28.9 Å². The molecular weight excluding hydrogens is 342 g/mol. The minimum atomic E-state index is -3.38. The first-order valence-electron chi connectivity index (χ1n) is 7.90. The highest BCUT2D eigenvalue weighted by atomic mass is 32.2. The van der Waals surface area contributed by atoms with Gasteiger partial charge in [-0.05, 0) is 30.7 Å². The Morgan fingerprint density at radius 3 is 2.60 bits per heavy atom. The Morgan fingerprint density at radius 1 is 1.12 bits per heavy atom. The fraction of sp³-hybridized carbons (Fsp3) is 0.312. The van der Waals surface area contributed by atoms with E-state index >= 15 is 0 Å². The SMILES string of the molecule is CCCS(=O)(=O)Nc1cccc(C(=O)NCCNc2ncccn2)c1. The van der Waals surface area contributed by atoms with Crippen LogP contribution in [0.25, 0.3) is 0 Å². The first kappa shape index (κ1) is 18.7. The fourth-order valence-corrected chi connectivity index (χ4v) is 3.19. The molecule has 0 aliphatic carbocycles. The maximum Gasteiger partial charge on any atom is 0.251 e. The van der Waals surface area contributed by atoms with E-state index in [0.29, 0.717) is 36.7 Å². The molecule has 0 aliphatic rings. The summed E-state index contributed by atoms with van der Waals surface area (Å²) in [6.45, 7) is 2.64. The number of carbonyl (C=O) groups is 1. The van der Waals surface area contributed by atoms with E-state index in [1.807, 2.05) is 0 Å². The average Bonchev–Trinajstić information content (AvgIpc) is 2.59. The largest absolute Gasteiger partial charge is 0.352 e. The Morgan fingerprint density at radius 2 is 1.88 bits per heavy atom. The summed E-state index contributed by atoms with van der Waals surface area (Å²) in [7, 11) is -3.38. The number of hydrogen-bond acceptors (Lipinski definition) is 6. The fourth-order valence-electron chi connectivity index (χ4n) is 2.07. The number of sulfonamides is 1. The number of nitrogens with one attached hydrogen (secondary N) is 3. The van der Waals surface area contributed by atoms with Crippen LogP contribution in [0.4, 0.5) is 11.6 Å². The van der Waals surface area contributed by atoms with Crippen LogP contribution in [0.2, 0.25) is 0 Å². The molecule has 2 rings (SSSR count). The van der Waals surface area contributed by atoms with Gasteiger partial charge in [-0.3, -0.25) is 9.52 Å². The summed E-state index contributed by atoms with van der Waals surface area (Å²) in [5.74, 6) is 0.243. The smallest absolute Gasteiger partial charge is 0.251 e. The zero-order chi connectivity index (χ0) is 18.1. The van der Waals surface area contributed by atoms with E-state index in [9.17, 15) is 13.2 Å². The highest BCUT2D eigenvalue weighted by Crippen LogP contribution is 2.13. The highest BCUT2D eigenvalue weighted by Gasteiger charge is 2.11. The van der Waals surface area contributed by atoms with Gasteiger partial charge in [0.2, 0.25) is 16.0 Å². The molecule has 0 aliphatic heterocycles. The number of nitrogens with zero attached hydrogens (tertiary/aromatic N) is 2. The lowest BCUT2D eigenvalue weighted by Crippen LogP contribution is -2.29.